The topological polar surface area (TPSA) is 38.8 Å². The number of ether oxygens (including phenoxy) is 1. The summed E-state index contributed by atoms with van der Waals surface area (Å²) >= 11 is 0. The van der Waals surface area contributed by atoms with E-state index in [4.69, 9.17) is 4.74 Å². The van der Waals surface area contributed by atoms with Crippen LogP contribution in [0.25, 0.3) is 0 Å². The zero-order valence-corrected chi connectivity index (χ0v) is 7.17. The summed E-state index contributed by atoms with van der Waals surface area (Å²) in [4.78, 5) is 15.8. The zero-order chi connectivity index (χ0) is 9.19. The summed E-state index contributed by atoms with van der Waals surface area (Å²) in [6.45, 7) is 0.124. The number of amides is 1. The summed E-state index contributed by atoms with van der Waals surface area (Å²) < 4.78 is 18.3. The predicted molar refractivity (Wildman–Crippen MR) is 39.1 cm³/mol. The van der Waals surface area contributed by atoms with E-state index in [0.717, 1.165) is 5.06 Å². The number of alkyl halides is 1. The van der Waals surface area contributed by atoms with Crippen molar-refractivity contribution in [2.75, 3.05) is 27.4 Å². The van der Waals surface area contributed by atoms with E-state index < -0.39 is 11.6 Å². The molecule has 0 spiro atoms. The SMILES string of the molecule is CON(C)C(=O)C1(F)CCOC1. The lowest BCUT2D eigenvalue weighted by Gasteiger charge is -2.22. The summed E-state index contributed by atoms with van der Waals surface area (Å²) in [6, 6.07) is 0. The smallest absolute Gasteiger partial charge is 0.286 e. The Morgan fingerprint density at radius 3 is 2.83 bits per heavy atom. The minimum Gasteiger partial charge on any atom is -0.377 e. The van der Waals surface area contributed by atoms with Crippen molar-refractivity contribution in [2.24, 2.45) is 0 Å². The third-order valence-electron chi connectivity index (χ3n) is 1.92. The number of carbonyl (C=O) groups excluding carboxylic acids is 1. The van der Waals surface area contributed by atoms with Gasteiger partial charge in [0.1, 0.15) is 0 Å². The molecule has 12 heavy (non-hydrogen) atoms. The van der Waals surface area contributed by atoms with Crippen LogP contribution >= 0.6 is 0 Å². The van der Waals surface area contributed by atoms with Crippen LogP contribution in [0.1, 0.15) is 6.42 Å². The molecule has 1 aliphatic rings. The van der Waals surface area contributed by atoms with E-state index in [2.05, 4.69) is 4.84 Å². The van der Waals surface area contributed by atoms with E-state index in [9.17, 15) is 9.18 Å². The van der Waals surface area contributed by atoms with E-state index in [0.29, 0.717) is 6.61 Å². The van der Waals surface area contributed by atoms with Crippen molar-refractivity contribution in [1.29, 1.82) is 0 Å². The summed E-state index contributed by atoms with van der Waals surface area (Å²) in [5.74, 6) is -0.678. The second kappa shape index (κ2) is 3.37. The molecule has 1 amide bonds. The lowest BCUT2D eigenvalue weighted by Crippen LogP contribution is -2.44. The number of rotatable bonds is 2. The highest BCUT2D eigenvalue weighted by molar-refractivity contribution is 5.84. The molecule has 0 aromatic carbocycles. The van der Waals surface area contributed by atoms with Crippen LogP contribution in [0, 0.1) is 0 Å². The summed E-state index contributed by atoms with van der Waals surface area (Å²) in [7, 11) is 2.69. The molecular formula is C7H12FNO3. The number of nitrogens with zero attached hydrogens (tertiary/aromatic N) is 1. The van der Waals surface area contributed by atoms with Crippen LogP contribution in [0.4, 0.5) is 4.39 Å². The van der Waals surface area contributed by atoms with E-state index in [-0.39, 0.29) is 13.0 Å². The normalized spacial score (nSPS) is 28.9. The molecule has 1 unspecified atom stereocenters. The van der Waals surface area contributed by atoms with Crippen LogP contribution in [0.5, 0.6) is 0 Å². The molecule has 1 fully saturated rings. The van der Waals surface area contributed by atoms with Gasteiger partial charge in [0.05, 0.1) is 20.3 Å². The van der Waals surface area contributed by atoms with Gasteiger partial charge in [-0.05, 0) is 0 Å². The number of halogens is 1. The molecule has 1 saturated heterocycles. The second-order valence-electron chi connectivity index (χ2n) is 2.75. The number of carbonyl (C=O) groups is 1. The first-order valence-electron chi connectivity index (χ1n) is 3.69. The third-order valence-corrected chi connectivity index (χ3v) is 1.92. The lowest BCUT2D eigenvalue weighted by molar-refractivity contribution is -0.181. The first-order chi connectivity index (χ1) is 5.60. The Morgan fingerprint density at radius 1 is 1.75 bits per heavy atom. The highest BCUT2D eigenvalue weighted by Gasteiger charge is 2.44. The number of hydrogen-bond donors (Lipinski definition) is 0. The molecule has 1 atom stereocenters. The Morgan fingerprint density at radius 2 is 2.42 bits per heavy atom. The van der Waals surface area contributed by atoms with Crippen LogP contribution in [0.3, 0.4) is 0 Å². The first-order valence-corrected chi connectivity index (χ1v) is 3.69. The fourth-order valence-electron chi connectivity index (χ4n) is 1.07. The Balaban J connectivity index is 2.61. The van der Waals surface area contributed by atoms with Crippen LogP contribution in [0.15, 0.2) is 0 Å². The van der Waals surface area contributed by atoms with Crippen LogP contribution in [-0.4, -0.2) is 44.0 Å². The van der Waals surface area contributed by atoms with Gasteiger partial charge in [0, 0.05) is 13.5 Å². The fourth-order valence-corrected chi connectivity index (χ4v) is 1.07. The average molecular weight is 177 g/mol. The Hall–Kier alpha value is -0.680. The monoisotopic (exact) mass is 177 g/mol. The minimum atomic E-state index is -1.88. The largest absolute Gasteiger partial charge is 0.377 e. The molecule has 0 N–H and O–H groups in total. The molecular weight excluding hydrogens is 165 g/mol. The Bertz CT molecular complexity index is 179. The molecule has 4 nitrogen and oxygen atoms in total. The molecule has 0 aromatic rings. The van der Waals surface area contributed by atoms with Crippen molar-refractivity contribution in [3.63, 3.8) is 0 Å². The van der Waals surface area contributed by atoms with Gasteiger partial charge in [-0.25, -0.2) is 9.45 Å². The van der Waals surface area contributed by atoms with E-state index in [1.165, 1.54) is 14.2 Å². The van der Waals surface area contributed by atoms with E-state index in [1.807, 2.05) is 0 Å². The van der Waals surface area contributed by atoms with Gasteiger partial charge in [0.2, 0.25) is 5.67 Å². The third kappa shape index (κ3) is 1.56. The quantitative estimate of drug-likeness (QED) is 0.563. The van der Waals surface area contributed by atoms with Crippen LogP contribution < -0.4 is 0 Å². The van der Waals surface area contributed by atoms with E-state index in [1.54, 1.807) is 0 Å². The molecule has 0 bridgehead atoms. The fraction of sp³-hybridized carbons (Fsp3) is 0.857. The minimum absolute atomic E-state index is 0.111. The molecule has 70 valence electrons. The van der Waals surface area contributed by atoms with E-state index >= 15 is 0 Å². The maximum absolute atomic E-state index is 13.5. The van der Waals surface area contributed by atoms with Crippen molar-refractivity contribution < 1.29 is 18.8 Å². The summed E-state index contributed by atoms with van der Waals surface area (Å²) in [5, 5.41) is 0.884. The van der Waals surface area contributed by atoms with Gasteiger partial charge < -0.3 is 4.74 Å². The van der Waals surface area contributed by atoms with Crippen molar-refractivity contribution >= 4 is 5.91 Å². The van der Waals surface area contributed by atoms with Gasteiger partial charge in [-0.15, -0.1) is 0 Å². The average Bonchev–Trinajstić information content (AvgIpc) is 2.50. The Kier molecular flexibility index (Phi) is 2.64. The summed E-state index contributed by atoms with van der Waals surface area (Å²) in [6.07, 6.45) is 0.111. The van der Waals surface area contributed by atoms with Gasteiger partial charge >= 0.3 is 0 Å². The molecule has 1 aliphatic heterocycles. The van der Waals surface area contributed by atoms with Gasteiger partial charge in [0.25, 0.3) is 5.91 Å². The molecule has 0 aromatic heterocycles. The molecule has 0 radical (unpaired) electrons. The maximum atomic E-state index is 13.5. The van der Waals surface area contributed by atoms with Crippen molar-refractivity contribution in [1.82, 2.24) is 5.06 Å². The highest BCUT2D eigenvalue weighted by atomic mass is 19.1. The zero-order valence-electron chi connectivity index (χ0n) is 7.17. The maximum Gasteiger partial charge on any atom is 0.286 e. The molecule has 0 saturated carbocycles. The molecule has 1 rings (SSSR count). The lowest BCUT2D eigenvalue weighted by atomic mass is 10.1. The van der Waals surface area contributed by atoms with Gasteiger partial charge in [-0.2, -0.15) is 0 Å². The van der Waals surface area contributed by atoms with Crippen LogP contribution in [-0.2, 0) is 14.4 Å². The first kappa shape index (κ1) is 9.41. The molecule has 5 heteroatoms. The molecule has 1 heterocycles. The van der Waals surface area contributed by atoms with Gasteiger partial charge in [0.15, 0.2) is 0 Å². The Labute approximate surface area is 70.2 Å². The van der Waals surface area contributed by atoms with Crippen molar-refractivity contribution in [2.45, 2.75) is 12.1 Å². The van der Waals surface area contributed by atoms with Gasteiger partial charge in [-0.1, -0.05) is 0 Å². The predicted octanol–water partition coefficient (Wildman–Crippen LogP) is 0.135. The molecule has 0 aliphatic carbocycles. The number of hydrogen-bond acceptors (Lipinski definition) is 3. The van der Waals surface area contributed by atoms with Gasteiger partial charge in [-0.3, -0.25) is 9.63 Å². The number of hydroxylamine groups is 2. The second-order valence-corrected chi connectivity index (χ2v) is 2.75. The van der Waals surface area contributed by atoms with Crippen LogP contribution in [0.2, 0.25) is 0 Å². The highest BCUT2D eigenvalue weighted by Crippen LogP contribution is 2.25. The standard InChI is InChI=1S/C7H12FNO3/c1-9(11-2)6(10)7(8)3-4-12-5-7/h3-5H2,1-2H3. The van der Waals surface area contributed by atoms with Crippen molar-refractivity contribution in [3.8, 4) is 0 Å². The van der Waals surface area contributed by atoms with Crippen molar-refractivity contribution in [3.05, 3.63) is 0 Å². The summed E-state index contributed by atoms with van der Waals surface area (Å²) in [5.41, 5.74) is -1.88.